The fourth-order valence-corrected chi connectivity index (χ4v) is 3.79. The van der Waals surface area contributed by atoms with Crippen LogP contribution in [0.4, 0.5) is 4.39 Å². The highest BCUT2D eigenvalue weighted by Gasteiger charge is 2.48. The first-order chi connectivity index (χ1) is 11.1. The zero-order valence-electron chi connectivity index (χ0n) is 13.2. The molecule has 3 atom stereocenters. The van der Waals surface area contributed by atoms with E-state index in [9.17, 15) is 9.18 Å². The Kier molecular flexibility index (Phi) is 3.43. The normalized spacial score (nSPS) is 26.5. The second-order valence-electron chi connectivity index (χ2n) is 6.61. The van der Waals surface area contributed by atoms with E-state index in [-0.39, 0.29) is 29.6 Å². The van der Waals surface area contributed by atoms with Crippen LogP contribution < -0.4 is 0 Å². The summed E-state index contributed by atoms with van der Waals surface area (Å²) in [6.07, 6.45) is 6.59. The molecule has 2 fully saturated rings. The van der Waals surface area contributed by atoms with Gasteiger partial charge in [-0.05, 0) is 36.8 Å². The van der Waals surface area contributed by atoms with E-state index < -0.39 is 0 Å². The maximum atomic E-state index is 13.9. The molecule has 1 aromatic carbocycles. The number of rotatable bonds is 3. The quantitative estimate of drug-likeness (QED) is 0.873. The van der Waals surface area contributed by atoms with Gasteiger partial charge in [0.25, 0.3) is 0 Å². The number of carbonyl (C=O) groups is 1. The first-order valence-corrected chi connectivity index (χ1v) is 8.18. The number of aromatic nitrogens is 2. The lowest BCUT2D eigenvalue weighted by Crippen LogP contribution is -2.32. The maximum Gasteiger partial charge on any atom is 0.226 e. The van der Waals surface area contributed by atoms with Crippen molar-refractivity contribution >= 4 is 5.91 Å². The van der Waals surface area contributed by atoms with Crippen LogP contribution in [0, 0.1) is 11.7 Å². The van der Waals surface area contributed by atoms with Crippen LogP contribution in [0.5, 0.6) is 0 Å². The number of hydrogen-bond acceptors (Lipinski definition) is 2. The van der Waals surface area contributed by atoms with Crippen molar-refractivity contribution in [1.29, 1.82) is 0 Å². The van der Waals surface area contributed by atoms with Crippen molar-refractivity contribution in [2.24, 2.45) is 13.0 Å². The molecule has 0 unspecified atom stereocenters. The van der Waals surface area contributed by atoms with Gasteiger partial charge in [0.05, 0.1) is 12.2 Å². The van der Waals surface area contributed by atoms with Gasteiger partial charge in [0, 0.05) is 31.3 Å². The molecule has 1 aliphatic heterocycles. The molecular formula is C18H20FN3O. The van der Waals surface area contributed by atoms with Gasteiger partial charge in [-0.15, -0.1) is 0 Å². The Morgan fingerprint density at radius 1 is 1.35 bits per heavy atom. The van der Waals surface area contributed by atoms with Gasteiger partial charge in [0.1, 0.15) is 5.82 Å². The third-order valence-electron chi connectivity index (χ3n) is 5.06. The van der Waals surface area contributed by atoms with Gasteiger partial charge < -0.3 is 4.90 Å². The Hall–Kier alpha value is -2.17. The highest BCUT2D eigenvalue weighted by Crippen LogP contribution is 2.50. The molecule has 120 valence electrons. The van der Waals surface area contributed by atoms with Gasteiger partial charge in [-0.25, -0.2) is 4.39 Å². The van der Waals surface area contributed by atoms with Crippen molar-refractivity contribution < 1.29 is 9.18 Å². The minimum atomic E-state index is -0.196. The van der Waals surface area contributed by atoms with Gasteiger partial charge >= 0.3 is 0 Å². The molecule has 4 rings (SSSR count). The Morgan fingerprint density at radius 2 is 2.17 bits per heavy atom. The van der Waals surface area contributed by atoms with Crippen LogP contribution in [0.25, 0.3) is 0 Å². The number of amides is 1. The smallest absolute Gasteiger partial charge is 0.226 e. The average Bonchev–Trinajstić information content (AvgIpc) is 2.97. The molecule has 0 radical (unpaired) electrons. The Balaban J connectivity index is 1.50. The Bertz CT molecular complexity index is 741. The molecule has 2 aromatic rings. The predicted octanol–water partition coefficient (Wildman–Crippen LogP) is 3.03. The lowest BCUT2D eigenvalue weighted by atomic mass is 10.1. The summed E-state index contributed by atoms with van der Waals surface area (Å²) < 4.78 is 15.7. The predicted molar refractivity (Wildman–Crippen MR) is 84.1 cm³/mol. The average molecular weight is 313 g/mol. The highest BCUT2D eigenvalue weighted by atomic mass is 19.1. The summed E-state index contributed by atoms with van der Waals surface area (Å²) in [6, 6.07) is 6.93. The van der Waals surface area contributed by atoms with Crippen molar-refractivity contribution in [3.63, 3.8) is 0 Å². The minimum Gasteiger partial charge on any atom is -0.335 e. The van der Waals surface area contributed by atoms with E-state index >= 15 is 0 Å². The van der Waals surface area contributed by atoms with Crippen LogP contribution in [-0.2, 0) is 11.8 Å². The molecule has 1 amide bonds. The second-order valence-corrected chi connectivity index (χ2v) is 6.61. The number of likely N-dealkylation sites (tertiary alicyclic amines) is 1. The molecule has 2 aliphatic rings. The fourth-order valence-electron chi connectivity index (χ4n) is 3.79. The van der Waals surface area contributed by atoms with Crippen molar-refractivity contribution in [3.05, 3.63) is 53.6 Å². The van der Waals surface area contributed by atoms with Crippen LogP contribution in [-0.4, -0.2) is 27.1 Å². The van der Waals surface area contributed by atoms with Crippen molar-refractivity contribution in [2.45, 2.75) is 31.2 Å². The number of nitrogens with zero attached hydrogens (tertiary/aromatic N) is 3. The molecule has 1 aromatic heterocycles. The molecule has 0 spiro atoms. The summed E-state index contributed by atoms with van der Waals surface area (Å²) in [5, 5.41) is 4.22. The number of carbonyl (C=O) groups excluding carboxylic acids is 1. The molecule has 1 saturated heterocycles. The van der Waals surface area contributed by atoms with Gasteiger partial charge in [-0.2, -0.15) is 5.10 Å². The van der Waals surface area contributed by atoms with Crippen LogP contribution in [0.1, 0.15) is 42.3 Å². The van der Waals surface area contributed by atoms with Gasteiger partial charge in [0.2, 0.25) is 5.91 Å². The molecule has 0 bridgehead atoms. The van der Waals surface area contributed by atoms with E-state index in [1.54, 1.807) is 16.8 Å². The lowest BCUT2D eigenvalue weighted by Gasteiger charge is -2.24. The molecule has 5 heteroatoms. The lowest BCUT2D eigenvalue weighted by molar-refractivity contribution is -0.133. The van der Waals surface area contributed by atoms with Crippen LogP contribution >= 0.6 is 0 Å². The summed E-state index contributed by atoms with van der Waals surface area (Å²) in [5.74, 6) is -0.0503. The fraction of sp³-hybridized carbons (Fsp3) is 0.444. The Morgan fingerprint density at radius 3 is 2.91 bits per heavy atom. The van der Waals surface area contributed by atoms with Crippen molar-refractivity contribution in [2.75, 3.05) is 6.54 Å². The summed E-state index contributed by atoms with van der Waals surface area (Å²) in [7, 11) is 1.89. The monoisotopic (exact) mass is 313 g/mol. The van der Waals surface area contributed by atoms with Gasteiger partial charge in [0.15, 0.2) is 0 Å². The third kappa shape index (κ3) is 2.54. The molecule has 23 heavy (non-hydrogen) atoms. The summed E-state index contributed by atoms with van der Waals surface area (Å²) >= 11 is 0. The zero-order valence-corrected chi connectivity index (χ0v) is 13.2. The molecule has 0 N–H and O–H groups in total. The van der Waals surface area contributed by atoms with Crippen LogP contribution in [0.15, 0.2) is 36.7 Å². The molecule has 2 heterocycles. The van der Waals surface area contributed by atoms with Gasteiger partial charge in [-0.3, -0.25) is 9.48 Å². The zero-order chi connectivity index (χ0) is 16.0. The number of benzene rings is 1. The van der Waals surface area contributed by atoms with Crippen LogP contribution in [0.3, 0.4) is 0 Å². The van der Waals surface area contributed by atoms with Crippen molar-refractivity contribution in [3.8, 4) is 0 Å². The number of halogens is 1. The number of aryl methyl sites for hydroxylation is 1. The molecule has 1 saturated carbocycles. The summed E-state index contributed by atoms with van der Waals surface area (Å²) in [6.45, 7) is 0.791. The van der Waals surface area contributed by atoms with E-state index in [4.69, 9.17) is 0 Å². The first-order valence-electron chi connectivity index (χ1n) is 8.18. The largest absolute Gasteiger partial charge is 0.335 e. The van der Waals surface area contributed by atoms with E-state index in [0.29, 0.717) is 5.56 Å². The van der Waals surface area contributed by atoms with E-state index in [0.717, 1.165) is 31.4 Å². The van der Waals surface area contributed by atoms with Gasteiger partial charge in [-0.1, -0.05) is 18.2 Å². The SMILES string of the molecule is Cn1cc([C@@H]2CCCN2C(=O)[C@@H]2C[C@H]2c2ccccc2F)cn1. The standard InChI is InChI=1S/C18H20FN3O/c1-21-11-12(10-20-21)17-7-4-8-22(17)18(23)15-9-14(15)13-5-2-3-6-16(13)19/h2-3,5-6,10-11,14-15,17H,4,7-9H2,1H3/t14-,15+,17-/m0/s1. The summed E-state index contributed by atoms with van der Waals surface area (Å²) in [4.78, 5) is 14.8. The second kappa shape index (κ2) is 5.48. The van der Waals surface area contributed by atoms with E-state index in [1.807, 2.05) is 30.4 Å². The Labute approximate surface area is 134 Å². The topological polar surface area (TPSA) is 38.1 Å². The third-order valence-corrected chi connectivity index (χ3v) is 5.06. The highest BCUT2D eigenvalue weighted by molar-refractivity contribution is 5.83. The molecular weight excluding hydrogens is 293 g/mol. The molecule has 1 aliphatic carbocycles. The first kappa shape index (κ1) is 14.4. The van der Waals surface area contributed by atoms with Crippen molar-refractivity contribution in [1.82, 2.24) is 14.7 Å². The van der Waals surface area contributed by atoms with E-state index in [1.165, 1.54) is 6.07 Å². The minimum absolute atomic E-state index is 0.0406. The number of hydrogen-bond donors (Lipinski definition) is 0. The van der Waals surface area contributed by atoms with E-state index in [2.05, 4.69) is 5.10 Å². The molecule has 4 nitrogen and oxygen atoms in total. The van der Waals surface area contributed by atoms with Crippen LogP contribution in [0.2, 0.25) is 0 Å². The summed E-state index contributed by atoms with van der Waals surface area (Å²) in [5.41, 5.74) is 1.78. The maximum absolute atomic E-state index is 13.9.